The van der Waals surface area contributed by atoms with E-state index >= 15 is 0 Å². The summed E-state index contributed by atoms with van der Waals surface area (Å²) in [5.74, 6) is 0. The van der Waals surface area contributed by atoms with Crippen LogP contribution < -0.4 is 5.32 Å². The number of fused-ring (bicyclic) bond motifs is 5. The summed E-state index contributed by atoms with van der Waals surface area (Å²) >= 11 is 0. The molecule has 126 valence electrons. The first kappa shape index (κ1) is 15.2. The quantitative estimate of drug-likeness (QED) is 0.465. The Labute approximate surface area is 153 Å². The summed E-state index contributed by atoms with van der Waals surface area (Å²) in [4.78, 5) is 4.08. The second-order valence-electron chi connectivity index (χ2n) is 7.46. The zero-order valence-electron chi connectivity index (χ0n) is 15.0. The fourth-order valence-electron chi connectivity index (χ4n) is 4.28. The predicted octanol–water partition coefficient (Wildman–Crippen LogP) is 6.28. The first-order valence-corrected chi connectivity index (χ1v) is 8.99. The van der Waals surface area contributed by atoms with Crippen LogP contribution in [0.4, 0.5) is 11.4 Å². The molecule has 26 heavy (non-hydrogen) atoms. The van der Waals surface area contributed by atoms with Gasteiger partial charge in [-0.25, -0.2) is 0 Å². The molecule has 0 bridgehead atoms. The summed E-state index contributed by atoms with van der Waals surface area (Å²) in [5.41, 5.74) is 7.66. The highest BCUT2D eigenvalue weighted by molar-refractivity contribution is 5.97. The van der Waals surface area contributed by atoms with Gasteiger partial charge in [-0.05, 0) is 57.3 Å². The second kappa shape index (κ2) is 5.43. The number of hydrogen-bond acceptors (Lipinski definition) is 2. The summed E-state index contributed by atoms with van der Waals surface area (Å²) in [5, 5.41) is 6.16. The number of nitrogens with one attached hydrogen (secondary N) is 1. The van der Waals surface area contributed by atoms with Crippen LogP contribution in [0.2, 0.25) is 0 Å². The SMILES string of the molecule is CC1(C)c2cc(Nc3ccncc3)ccc2-c2ccc3ccccc3c21. The molecule has 0 spiro atoms. The summed E-state index contributed by atoms with van der Waals surface area (Å²) in [7, 11) is 0. The highest BCUT2D eigenvalue weighted by atomic mass is 14.9. The van der Waals surface area contributed by atoms with Gasteiger partial charge < -0.3 is 5.32 Å². The smallest absolute Gasteiger partial charge is 0.0415 e. The molecule has 0 amide bonds. The molecule has 0 fully saturated rings. The number of anilines is 2. The molecule has 1 N–H and O–H groups in total. The van der Waals surface area contributed by atoms with E-state index in [0.717, 1.165) is 11.4 Å². The first-order chi connectivity index (χ1) is 12.6. The normalized spacial score (nSPS) is 14.1. The number of hydrogen-bond donors (Lipinski definition) is 1. The van der Waals surface area contributed by atoms with E-state index in [1.54, 1.807) is 0 Å². The maximum absolute atomic E-state index is 4.08. The maximum atomic E-state index is 4.08. The van der Waals surface area contributed by atoms with E-state index in [4.69, 9.17) is 0 Å². The molecule has 3 aromatic carbocycles. The lowest BCUT2D eigenvalue weighted by atomic mass is 9.80. The second-order valence-corrected chi connectivity index (χ2v) is 7.46. The lowest BCUT2D eigenvalue weighted by Gasteiger charge is -2.23. The van der Waals surface area contributed by atoms with E-state index in [1.807, 2.05) is 24.5 Å². The van der Waals surface area contributed by atoms with E-state index in [-0.39, 0.29) is 5.41 Å². The van der Waals surface area contributed by atoms with Gasteiger partial charge in [-0.2, -0.15) is 0 Å². The molecule has 0 radical (unpaired) electrons. The third-order valence-corrected chi connectivity index (χ3v) is 5.51. The van der Waals surface area contributed by atoms with E-state index < -0.39 is 0 Å². The van der Waals surface area contributed by atoms with Crippen LogP contribution in [0.3, 0.4) is 0 Å². The minimum Gasteiger partial charge on any atom is -0.355 e. The van der Waals surface area contributed by atoms with Crippen molar-refractivity contribution in [3.8, 4) is 11.1 Å². The van der Waals surface area contributed by atoms with Crippen molar-refractivity contribution in [3.63, 3.8) is 0 Å². The summed E-state index contributed by atoms with van der Waals surface area (Å²) in [6, 6.07) is 23.9. The van der Waals surface area contributed by atoms with E-state index in [1.165, 1.54) is 33.0 Å². The molecule has 5 rings (SSSR count). The molecule has 0 aliphatic heterocycles. The van der Waals surface area contributed by atoms with Crippen molar-refractivity contribution in [2.75, 3.05) is 5.32 Å². The van der Waals surface area contributed by atoms with Crippen molar-refractivity contribution in [2.24, 2.45) is 0 Å². The minimum absolute atomic E-state index is 0.0263. The molecular weight excluding hydrogens is 316 g/mol. The van der Waals surface area contributed by atoms with Crippen molar-refractivity contribution >= 4 is 22.1 Å². The van der Waals surface area contributed by atoms with Gasteiger partial charge in [0, 0.05) is 29.2 Å². The van der Waals surface area contributed by atoms with Gasteiger partial charge in [-0.3, -0.25) is 4.98 Å². The number of aromatic nitrogens is 1. The van der Waals surface area contributed by atoms with Crippen LogP contribution in [0.15, 0.2) is 79.1 Å². The van der Waals surface area contributed by atoms with Crippen LogP contribution in [-0.4, -0.2) is 4.98 Å². The largest absolute Gasteiger partial charge is 0.355 e. The van der Waals surface area contributed by atoms with E-state index in [0.29, 0.717) is 0 Å². The van der Waals surface area contributed by atoms with Crippen molar-refractivity contribution in [2.45, 2.75) is 19.3 Å². The lowest BCUT2D eigenvalue weighted by molar-refractivity contribution is 0.666. The number of nitrogens with zero attached hydrogens (tertiary/aromatic N) is 1. The lowest BCUT2D eigenvalue weighted by Crippen LogP contribution is -2.15. The fraction of sp³-hybridized carbons (Fsp3) is 0.125. The molecule has 0 saturated carbocycles. The Morgan fingerprint density at radius 3 is 2.38 bits per heavy atom. The summed E-state index contributed by atoms with van der Waals surface area (Å²) in [6.45, 7) is 4.67. The van der Waals surface area contributed by atoms with Gasteiger partial charge in [0.15, 0.2) is 0 Å². The molecule has 1 aliphatic carbocycles. The number of benzene rings is 3. The topological polar surface area (TPSA) is 24.9 Å². The standard InChI is InChI=1S/C24H20N2/c1-24(2)22-15-18(26-17-11-13-25-14-12-17)8-10-20(22)21-9-7-16-5-3-4-6-19(16)23(21)24/h3-15H,1-2H3,(H,25,26). The van der Waals surface area contributed by atoms with Gasteiger partial charge in [-0.15, -0.1) is 0 Å². The predicted molar refractivity (Wildman–Crippen MR) is 109 cm³/mol. The Hall–Kier alpha value is -3.13. The summed E-state index contributed by atoms with van der Waals surface area (Å²) in [6.07, 6.45) is 3.61. The Bertz CT molecular complexity index is 1130. The van der Waals surface area contributed by atoms with E-state index in [2.05, 4.69) is 78.7 Å². The Balaban J connectivity index is 1.67. The maximum Gasteiger partial charge on any atom is 0.0415 e. The van der Waals surface area contributed by atoms with Gasteiger partial charge in [0.1, 0.15) is 0 Å². The molecule has 0 atom stereocenters. The van der Waals surface area contributed by atoms with Gasteiger partial charge in [-0.1, -0.05) is 56.3 Å². The molecule has 4 aromatic rings. The molecule has 2 heteroatoms. The average Bonchev–Trinajstić information content (AvgIpc) is 2.90. The molecule has 1 aliphatic rings. The van der Waals surface area contributed by atoms with Crippen molar-refractivity contribution in [1.82, 2.24) is 4.98 Å². The van der Waals surface area contributed by atoms with Crippen LogP contribution in [0.1, 0.15) is 25.0 Å². The highest BCUT2D eigenvalue weighted by Crippen LogP contribution is 2.51. The average molecular weight is 336 g/mol. The molecule has 2 nitrogen and oxygen atoms in total. The monoisotopic (exact) mass is 336 g/mol. The van der Waals surface area contributed by atoms with Crippen LogP contribution in [-0.2, 0) is 5.41 Å². The Morgan fingerprint density at radius 2 is 1.54 bits per heavy atom. The van der Waals surface area contributed by atoms with E-state index in [9.17, 15) is 0 Å². The van der Waals surface area contributed by atoms with Crippen LogP contribution in [0.25, 0.3) is 21.9 Å². The molecule has 0 unspecified atom stereocenters. The van der Waals surface area contributed by atoms with Crippen LogP contribution in [0.5, 0.6) is 0 Å². The minimum atomic E-state index is -0.0263. The third kappa shape index (κ3) is 2.15. The summed E-state index contributed by atoms with van der Waals surface area (Å²) < 4.78 is 0. The van der Waals surface area contributed by atoms with Gasteiger partial charge >= 0.3 is 0 Å². The van der Waals surface area contributed by atoms with Gasteiger partial charge in [0.05, 0.1) is 0 Å². The molecule has 1 aromatic heterocycles. The zero-order chi connectivity index (χ0) is 17.7. The van der Waals surface area contributed by atoms with Crippen molar-refractivity contribution in [1.29, 1.82) is 0 Å². The third-order valence-electron chi connectivity index (χ3n) is 5.51. The van der Waals surface area contributed by atoms with Crippen molar-refractivity contribution in [3.05, 3.63) is 90.3 Å². The van der Waals surface area contributed by atoms with Crippen LogP contribution in [0, 0.1) is 0 Å². The van der Waals surface area contributed by atoms with Crippen LogP contribution >= 0.6 is 0 Å². The zero-order valence-corrected chi connectivity index (χ0v) is 15.0. The van der Waals surface area contributed by atoms with Gasteiger partial charge in [0.2, 0.25) is 0 Å². The highest BCUT2D eigenvalue weighted by Gasteiger charge is 2.36. The first-order valence-electron chi connectivity index (χ1n) is 8.99. The number of pyridine rings is 1. The van der Waals surface area contributed by atoms with Crippen molar-refractivity contribution < 1.29 is 0 Å². The van der Waals surface area contributed by atoms with Gasteiger partial charge in [0.25, 0.3) is 0 Å². The molecule has 1 heterocycles. The molecule has 0 saturated heterocycles. The Kier molecular flexibility index (Phi) is 3.17. The Morgan fingerprint density at radius 1 is 0.769 bits per heavy atom. The number of rotatable bonds is 2. The fourth-order valence-corrected chi connectivity index (χ4v) is 4.28. The molecular formula is C24H20N2.